The Morgan fingerprint density at radius 2 is 1.81 bits per heavy atom. The summed E-state index contributed by atoms with van der Waals surface area (Å²) in [4.78, 5) is 30.8. The molecule has 3 heterocycles. The van der Waals surface area contributed by atoms with Crippen molar-refractivity contribution in [2.45, 2.75) is 82.8 Å². The lowest BCUT2D eigenvalue weighted by atomic mass is 9.92. The Hall–Kier alpha value is -1.66. The Morgan fingerprint density at radius 1 is 1.00 bits per heavy atom. The molecular weight excluding hydrogens is 392 g/mol. The van der Waals surface area contributed by atoms with E-state index in [-0.39, 0.29) is 17.8 Å². The minimum absolute atomic E-state index is 0.0472. The summed E-state index contributed by atoms with van der Waals surface area (Å²) >= 11 is 0. The molecule has 5 rings (SSSR count). The van der Waals surface area contributed by atoms with Crippen molar-refractivity contribution in [2.75, 3.05) is 32.8 Å². The summed E-state index contributed by atoms with van der Waals surface area (Å²) in [5.41, 5.74) is 1.02. The molecule has 1 atom stereocenters. The van der Waals surface area contributed by atoms with E-state index in [1.54, 1.807) is 0 Å². The van der Waals surface area contributed by atoms with Gasteiger partial charge in [-0.2, -0.15) is 0 Å². The van der Waals surface area contributed by atoms with Crippen LogP contribution in [0.5, 0.6) is 0 Å². The van der Waals surface area contributed by atoms with Gasteiger partial charge in [-0.15, -0.1) is 0 Å². The van der Waals surface area contributed by atoms with E-state index < -0.39 is 0 Å². The number of amides is 1. The van der Waals surface area contributed by atoms with E-state index in [0.29, 0.717) is 35.8 Å². The number of rotatable bonds is 6. The number of fused-ring (bicyclic) bond motifs is 1. The quantitative estimate of drug-likeness (QED) is 0.683. The van der Waals surface area contributed by atoms with Crippen LogP contribution in [0.25, 0.3) is 0 Å². The summed E-state index contributed by atoms with van der Waals surface area (Å²) < 4.78 is 11.5. The number of aryl methyl sites for hydroxylation is 1. The second-order valence-electron chi connectivity index (χ2n) is 9.99. The van der Waals surface area contributed by atoms with E-state index in [4.69, 9.17) is 9.15 Å². The first-order valence-corrected chi connectivity index (χ1v) is 12.5. The van der Waals surface area contributed by atoms with Gasteiger partial charge in [-0.25, -0.2) is 0 Å². The molecule has 31 heavy (non-hydrogen) atoms. The van der Waals surface area contributed by atoms with Crippen LogP contribution in [-0.2, 0) is 11.2 Å². The predicted octanol–water partition coefficient (Wildman–Crippen LogP) is 4.07. The van der Waals surface area contributed by atoms with Crippen molar-refractivity contribution < 1.29 is 18.7 Å². The number of likely N-dealkylation sites (tertiary alicyclic amines) is 1. The SMILES string of the molecule is O=C1CCCc2occ(C(=O)N(CC3CCN(C4CCCC4)CC3)CC3CCCO3)c21. The summed E-state index contributed by atoms with van der Waals surface area (Å²) in [6.45, 7) is 4.46. The van der Waals surface area contributed by atoms with Gasteiger partial charge in [0, 0.05) is 38.6 Å². The molecule has 0 radical (unpaired) electrons. The van der Waals surface area contributed by atoms with Gasteiger partial charge >= 0.3 is 0 Å². The molecule has 2 aliphatic carbocycles. The number of Topliss-reactive ketones (excluding diaryl/α,β-unsaturated/α-hetero) is 1. The van der Waals surface area contributed by atoms with Crippen LogP contribution >= 0.6 is 0 Å². The first-order valence-electron chi connectivity index (χ1n) is 12.5. The lowest BCUT2D eigenvalue weighted by Gasteiger charge is -2.38. The van der Waals surface area contributed by atoms with Crippen molar-refractivity contribution in [3.8, 4) is 0 Å². The van der Waals surface area contributed by atoms with Crippen LogP contribution in [0.15, 0.2) is 10.7 Å². The lowest BCUT2D eigenvalue weighted by molar-refractivity contribution is 0.0427. The molecular formula is C25H36N2O4. The van der Waals surface area contributed by atoms with Gasteiger partial charge in [0.15, 0.2) is 5.78 Å². The highest BCUT2D eigenvalue weighted by Crippen LogP contribution is 2.30. The molecule has 2 saturated heterocycles. The summed E-state index contributed by atoms with van der Waals surface area (Å²) in [6.07, 6.45) is 13.5. The molecule has 4 aliphatic rings. The monoisotopic (exact) mass is 428 g/mol. The zero-order chi connectivity index (χ0) is 21.2. The van der Waals surface area contributed by atoms with Crippen molar-refractivity contribution in [3.05, 3.63) is 23.2 Å². The van der Waals surface area contributed by atoms with Crippen LogP contribution in [0.2, 0.25) is 0 Å². The number of ketones is 1. The van der Waals surface area contributed by atoms with Gasteiger partial charge in [0.05, 0.1) is 17.2 Å². The molecule has 0 aromatic carbocycles. The molecule has 1 saturated carbocycles. The Balaban J connectivity index is 1.28. The first kappa shape index (κ1) is 21.2. The highest BCUT2D eigenvalue weighted by molar-refractivity contribution is 6.09. The molecule has 0 N–H and O–H groups in total. The fraction of sp³-hybridized carbons (Fsp3) is 0.760. The number of carbonyl (C=O) groups is 2. The van der Waals surface area contributed by atoms with E-state index in [1.807, 2.05) is 4.90 Å². The fourth-order valence-electron chi connectivity index (χ4n) is 6.11. The van der Waals surface area contributed by atoms with E-state index in [0.717, 1.165) is 70.8 Å². The highest BCUT2D eigenvalue weighted by atomic mass is 16.5. The Morgan fingerprint density at radius 3 is 2.55 bits per heavy atom. The first-order chi connectivity index (χ1) is 15.2. The average molecular weight is 429 g/mol. The molecule has 3 fully saturated rings. The number of ether oxygens (including phenoxy) is 1. The average Bonchev–Trinajstić information content (AvgIpc) is 3.55. The fourth-order valence-corrected chi connectivity index (χ4v) is 6.11. The summed E-state index contributed by atoms with van der Waals surface area (Å²) in [5, 5.41) is 0. The maximum Gasteiger partial charge on any atom is 0.257 e. The van der Waals surface area contributed by atoms with Gasteiger partial charge in [-0.1, -0.05) is 12.8 Å². The molecule has 170 valence electrons. The number of hydrogen-bond donors (Lipinski definition) is 0. The maximum absolute atomic E-state index is 13.6. The van der Waals surface area contributed by atoms with E-state index in [1.165, 1.54) is 31.9 Å². The molecule has 0 spiro atoms. The number of hydrogen-bond acceptors (Lipinski definition) is 5. The second-order valence-corrected chi connectivity index (χ2v) is 9.99. The predicted molar refractivity (Wildman–Crippen MR) is 117 cm³/mol. The Kier molecular flexibility index (Phi) is 6.46. The van der Waals surface area contributed by atoms with Crippen LogP contribution in [0.1, 0.15) is 90.7 Å². The molecule has 1 amide bonds. The highest BCUT2D eigenvalue weighted by Gasteiger charge is 2.34. The van der Waals surface area contributed by atoms with Crippen LogP contribution in [0, 0.1) is 5.92 Å². The minimum atomic E-state index is -0.0472. The zero-order valence-corrected chi connectivity index (χ0v) is 18.7. The van der Waals surface area contributed by atoms with Crippen molar-refractivity contribution in [1.29, 1.82) is 0 Å². The topological polar surface area (TPSA) is 63.0 Å². The molecule has 1 aromatic heterocycles. The molecule has 1 aromatic rings. The Labute approximate surface area is 185 Å². The Bertz CT molecular complexity index is 783. The van der Waals surface area contributed by atoms with Crippen LogP contribution in [0.4, 0.5) is 0 Å². The number of piperidine rings is 1. The van der Waals surface area contributed by atoms with Gasteiger partial charge in [0.25, 0.3) is 5.91 Å². The second kappa shape index (κ2) is 9.45. The third-order valence-electron chi connectivity index (χ3n) is 7.89. The lowest BCUT2D eigenvalue weighted by Crippen LogP contribution is -2.45. The normalized spacial score (nSPS) is 25.8. The van der Waals surface area contributed by atoms with Gasteiger partial charge in [0.1, 0.15) is 12.0 Å². The van der Waals surface area contributed by atoms with Crippen LogP contribution in [0.3, 0.4) is 0 Å². The maximum atomic E-state index is 13.6. The number of furan rings is 1. The molecule has 1 unspecified atom stereocenters. The molecule has 6 heteroatoms. The van der Waals surface area contributed by atoms with E-state index in [2.05, 4.69) is 4.90 Å². The summed E-state index contributed by atoms with van der Waals surface area (Å²) in [7, 11) is 0. The van der Waals surface area contributed by atoms with Crippen molar-refractivity contribution in [3.63, 3.8) is 0 Å². The van der Waals surface area contributed by atoms with Gasteiger partial charge < -0.3 is 19.0 Å². The molecule has 0 bridgehead atoms. The van der Waals surface area contributed by atoms with Crippen LogP contribution in [-0.4, -0.2) is 66.4 Å². The third-order valence-corrected chi connectivity index (χ3v) is 7.89. The largest absolute Gasteiger partial charge is 0.468 e. The summed E-state index contributed by atoms with van der Waals surface area (Å²) in [6, 6.07) is 0.786. The number of carbonyl (C=O) groups excluding carboxylic acids is 2. The third kappa shape index (κ3) is 4.61. The zero-order valence-electron chi connectivity index (χ0n) is 18.7. The van der Waals surface area contributed by atoms with Gasteiger partial charge in [-0.05, 0) is 64.0 Å². The van der Waals surface area contributed by atoms with Crippen LogP contribution < -0.4 is 0 Å². The summed E-state index contributed by atoms with van der Waals surface area (Å²) in [5.74, 6) is 1.22. The molecule has 6 nitrogen and oxygen atoms in total. The standard InChI is InChI=1S/C25H36N2O4/c28-22-8-3-9-23-24(22)21(17-31-23)25(29)27(16-20-7-4-14-30-20)15-18-10-12-26(13-11-18)19-5-1-2-6-19/h17-20H,1-16H2. The van der Waals surface area contributed by atoms with Crippen molar-refractivity contribution in [1.82, 2.24) is 9.80 Å². The molecule has 2 aliphatic heterocycles. The number of nitrogens with zero attached hydrogens (tertiary/aromatic N) is 2. The van der Waals surface area contributed by atoms with E-state index >= 15 is 0 Å². The van der Waals surface area contributed by atoms with Crippen molar-refractivity contribution in [2.24, 2.45) is 5.92 Å². The van der Waals surface area contributed by atoms with E-state index in [9.17, 15) is 9.59 Å². The van der Waals surface area contributed by atoms with Crippen molar-refractivity contribution >= 4 is 11.7 Å². The van der Waals surface area contributed by atoms with Gasteiger partial charge in [0.2, 0.25) is 0 Å². The smallest absolute Gasteiger partial charge is 0.257 e. The minimum Gasteiger partial charge on any atom is -0.468 e. The van der Waals surface area contributed by atoms with Gasteiger partial charge in [-0.3, -0.25) is 9.59 Å².